The van der Waals surface area contributed by atoms with Crippen LogP contribution in [0.3, 0.4) is 0 Å². The highest BCUT2D eigenvalue weighted by atomic mass is 16.5. The van der Waals surface area contributed by atoms with E-state index in [-0.39, 0.29) is 18.4 Å². The van der Waals surface area contributed by atoms with Gasteiger partial charge in [0.15, 0.2) is 0 Å². The van der Waals surface area contributed by atoms with Crippen LogP contribution in [0, 0.1) is 13.8 Å². The maximum atomic E-state index is 12.8. The fraction of sp³-hybridized carbons (Fsp3) is 0.381. The van der Waals surface area contributed by atoms with E-state index in [0.717, 1.165) is 35.4 Å². The van der Waals surface area contributed by atoms with Crippen LogP contribution in [0.1, 0.15) is 51.8 Å². The maximum Gasteiger partial charge on any atom is 0.255 e. The summed E-state index contributed by atoms with van der Waals surface area (Å²) in [6.07, 6.45) is 4.87. The predicted octanol–water partition coefficient (Wildman–Crippen LogP) is 2.66. The van der Waals surface area contributed by atoms with Gasteiger partial charge in [0.05, 0.1) is 41.5 Å². The molecular weight excluding hydrogens is 370 g/mol. The summed E-state index contributed by atoms with van der Waals surface area (Å²) < 4.78 is 5.30. The molecule has 8 nitrogen and oxygen atoms in total. The van der Waals surface area contributed by atoms with Crippen molar-refractivity contribution in [1.29, 1.82) is 0 Å². The fourth-order valence-electron chi connectivity index (χ4n) is 3.90. The molecule has 1 aliphatic heterocycles. The van der Waals surface area contributed by atoms with Gasteiger partial charge in [-0.05, 0) is 38.8 Å². The van der Waals surface area contributed by atoms with Crippen LogP contribution in [0.15, 0.2) is 35.1 Å². The van der Waals surface area contributed by atoms with Crippen molar-refractivity contribution in [2.24, 2.45) is 0 Å². The third-order valence-electron chi connectivity index (χ3n) is 5.40. The van der Waals surface area contributed by atoms with Gasteiger partial charge in [-0.1, -0.05) is 11.2 Å². The number of amides is 1. The van der Waals surface area contributed by atoms with Gasteiger partial charge in [-0.3, -0.25) is 9.78 Å². The topological polar surface area (TPSA) is 105 Å². The molecule has 29 heavy (non-hydrogen) atoms. The Morgan fingerprint density at radius 1 is 1.28 bits per heavy atom. The van der Waals surface area contributed by atoms with E-state index in [2.05, 4.69) is 15.4 Å². The van der Waals surface area contributed by atoms with Gasteiger partial charge in [0, 0.05) is 30.3 Å². The third kappa shape index (κ3) is 3.75. The van der Waals surface area contributed by atoms with Crippen molar-refractivity contribution in [3.05, 3.63) is 58.9 Å². The molecule has 8 heteroatoms. The summed E-state index contributed by atoms with van der Waals surface area (Å²) >= 11 is 0. The van der Waals surface area contributed by atoms with E-state index in [0.29, 0.717) is 30.1 Å². The van der Waals surface area contributed by atoms with Crippen molar-refractivity contribution >= 4 is 5.91 Å². The molecule has 1 amide bonds. The minimum absolute atomic E-state index is 0.0393. The summed E-state index contributed by atoms with van der Waals surface area (Å²) in [6.45, 7) is 4.90. The zero-order chi connectivity index (χ0) is 20.4. The van der Waals surface area contributed by atoms with Gasteiger partial charge in [0.2, 0.25) is 0 Å². The van der Waals surface area contributed by atoms with Gasteiger partial charge in [-0.25, -0.2) is 0 Å². The number of likely N-dealkylation sites (tertiary alicyclic amines) is 1. The third-order valence-corrected chi connectivity index (χ3v) is 5.40. The summed E-state index contributed by atoms with van der Waals surface area (Å²) in [5.41, 5.74) is 4.44. The van der Waals surface area contributed by atoms with Crippen LogP contribution in [0.25, 0.3) is 11.3 Å². The lowest BCUT2D eigenvalue weighted by Gasteiger charge is -2.32. The van der Waals surface area contributed by atoms with E-state index in [1.165, 1.54) is 12.4 Å². The van der Waals surface area contributed by atoms with Crippen LogP contribution < -0.4 is 0 Å². The lowest BCUT2D eigenvalue weighted by molar-refractivity contribution is 0.0705. The molecule has 150 valence electrons. The molecule has 1 N–H and O–H groups in total. The molecule has 3 aromatic heterocycles. The number of aryl methyl sites for hydroxylation is 2. The monoisotopic (exact) mass is 393 g/mol. The number of carbonyl (C=O) groups is 1. The molecule has 1 aliphatic rings. The maximum absolute atomic E-state index is 12.8. The highest BCUT2D eigenvalue weighted by molar-refractivity contribution is 5.93. The van der Waals surface area contributed by atoms with Crippen LogP contribution in [-0.4, -0.2) is 49.3 Å². The molecule has 3 aromatic rings. The first-order chi connectivity index (χ1) is 14.1. The Morgan fingerprint density at radius 3 is 2.83 bits per heavy atom. The Balaban J connectivity index is 1.63. The molecule has 1 unspecified atom stereocenters. The summed E-state index contributed by atoms with van der Waals surface area (Å²) in [4.78, 5) is 19.5. The number of aliphatic hydroxyl groups excluding tert-OH is 1. The highest BCUT2D eigenvalue weighted by Gasteiger charge is 2.27. The molecule has 4 heterocycles. The van der Waals surface area contributed by atoms with Gasteiger partial charge in [-0.15, -0.1) is 0 Å². The Labute approximate surface area is 168 Å². The van der Waals surface area contributed by atoms with Crippen LogP contribution >= 0.6 is 0 Å². The number of carbonyl (C=O) groups excluding carboxylic acids is 1. The minimum atomic E-state index is -0.114. The largest absolute Gasteiger partial charge is 0.392 e. The van der Waals surface area contributed by atoms with Crippen molar-refractivity contribution < 1.29 is 14.4 Å². The molecule has 1 saturated heterocycles. The standard InChI is InChI=1S/C21H23N5O3/c1-13-19(14(2)29-25-13)20-17(12-27)5-6-18(24-20)16-4-3-9-26(11-16)21(28)15-7-8-22-23-10-15/h5-8,10,16,27H,3-4,9,11-12H2,1-2H3. The summed E-state index contributed by atoms with van der Waals surface area (Å²) in [7, 11) is 0. The molecule has 0 aliphatic carbocycles. The summed E-state index contributed by atoms with van der Waals surface area (Å²) in [5, 5.41) is 21.3. The number of aliphatic hydroxyl groups is 1. The van der Waals surface area contributed by atoms with Crippen molar-refractivity contribution in [2.45, 2.75) is 39.2 Å². The van der Waals surface area contributed by atoms with Crippen molar-refractivity contribution in [2.75, 3.05) is 13.1 Å². The Morgan fingerprint density at radius 2 is 2.14 bits per heavy atom. The molecule has 1 atom stereocenters. The Hall–Kier alpha value is -3.13. The number of hydrogen-bond acceptors (Lipinski definition) is 7. The number of nitrogens with zero attached hydrogens (tertiary/aromatic N) is 5. The van der Waals surface area contributed by atoms with Gasteiger partial charge in [0.1, 0.15) is 5.76 Å². The van der Waals surface area contributed by atoms with Gasteiger partial charge in [-0.2, -0.15) is 10.2 Å². The normalized spacial score (nSPS) is 16.8. The van der Waals surface area contributed by atoms with E-state index in [1.54, 1.807) is 6.07 Å². The number of pyridine rings is 1. The average Bonchev–Trinajstić information content (AvgIpc) is 3.11. The van der Waals surface area contributed by atoms with Crippen LogP contribution in [0.4, 0.5) is 0 Å². The van der Waals surface area contributed by atoms with Gasteiger partial charge in [0.25, 0.3) is 5.91 Å². The van der Waals surface area contributed by atoms with E-state index in [9.17, 15) is 9.90 Å². The lowest BCUT2D eigenvalue weighted by Crippen LogP contribution is -2.39. The molecule has 0 bridgehead atoms. The quantitative estimate of drug-likeness (QED) is 0.726. The Kier molecular flexibility index (Phi) is 5.35. The van der Waals surface area contributed by atoms with Crippen molar-refractivity contribution in [3.8, 4) is 11.3 Å². The predicted molar refractivity (Wildman–Crippen MR) is 105 cm³/mol. The fourth-order valence-corrected chi connectivity index (χ4v) is 3.90. The Bertz CT molecular complexity index is 999. The molecule has 1 fully saturated rings. The van der Waals surface area contributed by atoms with Gasteiger partial charge >= 0.3 is 0 Å². The lowest BCUT2D eigenvalue weighted by atomic mass is 9.92. The molecule has 0 aromatic carbocycles. The van der Waals surface area contributed by atoms with Crippen LogP contribution in [0.5, 0.6) is 0 Å². The molecule has 0 saturated carbocycles. The number of aromatic nitrogens is 4. The smallest absolute Gasteiger partial charge is 0.255 e. The molecule has 0 spiro atoms. The van der Waals surface area contributed by atoms with Gasteiger partial charge < -0.3 is 14.5 Å². The van der Waals surface area contributed by atoms with E-state index < -0.39 is 0 Å². The van der Waals surface area contributed by atoms with Crippen molar-refractivity contribution in [1.82, 2.24) is 25.2 Å². The highest BCUT2D eigenvalue weighted by Crippen LogP contribution is 2.32. The first-order valence-electron chi connectivity index (χ1n) is 9.68. The molecular formula is C21H23N5O3. The zero-order valence-electron chi connectivity index (χ0n) is 16.5. The molecule has 0 radical (unpaired) electrons. The number of rotatable bonds is 4. The number of piperidine rings is 1. The SMILES string of the molecule is Cc1noc(C)c1-c1nc(C2CCCN(C(=O)c3ccnnc3)C2)ccc1CO. The zero-order valence-corrected chi connectivity index (χ0v) is 16.5. The number of hydrogen-bond donors (Lipinski definition) is 1. The van der Waals surface area contributed by atoms with Crippen molar-refractivity contribution in [3.63, 3.8) is 0 Å². The first-order valence-corrected chi connectivity index (χ1v) is 9.68. The second-order valence-corrected chi connectivity index (χ2v) is 7.32. The van der Waals surface area contributed by atoms with E-state index >= 15 is 0 Å². The average molecular weight is 393 g/mol. The second kappa shape index (κ2) is 8.08. The van der Waals surface area contributed by atoms with E-state index in [1.807, 2.05) is 30.9 Å². The minimum Gasteiger partial charge on any atom is -0.392 e. The van der Waals surface area contributed by atoms with Crippen LogP contribution in [0.2, 0.25) is 0 Å². The van der Waals surface area contributed by atoms with E-state index in [4.69, 9.17) is 9.51 Å². The molecule has 4 rings (SSSR count). The summed E-state index contributed by atoms with van der Waals surface area (Å²) in [6, 6.07) is 5.53. The van der Waals surface area contributed by atoms with Crippen LogP contribution in [-0.2, 0) is 6.61 Å². The first kappa shape index (κ1) is 19.2. The second-order valence-electron chi connectivity index (χ2n) is 7.32. The summed E-state index contributed by atoms with van der Waals surface area (Å²) in [5.74, 6) is 0.754.